The number of carbonyl (C=O) groups is 1. The highest BCUT2D eigenvalue weighted by molar-refractivity contribution is 5.77. The molecule has 1 aliphatic rings. The number of primary amides is 1. The van der Waals surface area contributed by atoms with Gasteiger partial charge in [-0.25, -0.2) is 0 Å². The third kappa shape index (κ3) is 3.26. The SMILES string of the molecule is NC(=O)C1CNCC(c2ccc(C(F)(F)F)cc2)C1. The lowest BCUT2D eigenvalue weighted by Gasteiger charge is -2.28. The van der Waals surface area contributed by atoms with E-state index in [4.69, 9.17) is 5.73 Å². The van der Waals surface area contributed by atoms with Crippen LogP contribution >= 0.6 is 0 Å². The predicted octanol–water partition coefficient (Wildman–Crippen LogP) is 1.88. The molecule has 2 atom stereocenters. The van der Waals surface area contributed by atoms with Crippen LogP contribution in [0.1, 0.15) is 23.5 Å². The van der Waals surface area contributed by atoms with Gasteiger partial charge in [-0.15, -0.1) is 0 Å². The van der Waals surface area contributed by atoms with Gasteiger partial charge in [0.25, 0.3) is 0 Å². The number of alkyl halides is 3. The Labute approximate surface area is 109 Å². The predicted molar refractivity (Wildman–Crippen MR) is 64.4 cm³/mol. The molecule has 1 heterocycles. The molecule has 1 saturated heterocycles. The number of halogens is 3. The summed E-state index contributed by atoms with van der Waals surface area (Å²) in [4.78, 5) is 11.2. The van der Waals surface area contributed by atoms with Crippen LogP contribution in [0.15, 0.2) is 24.3 Å². The molecule has 0 spiro atoms. The smallest absolute Gasteiger partial charge is 0.369 e. The van der Waals surface area contributed by atoms with Gasteiger partial charge in [-0.3, -0.25) is 4.79 Å². The molecule has 0 radical (unpaired) electrons. The Kier molecular flexibility index (Phi) is 3.80. The largest absolute Gasteiger partial charge is 0.416 e. The van der Waals surface area contributed by atoms with E-state index >= 15 is 0 Å². The van der Waals surface area contributed by atoms with E-state index in [-0.39, 0.29) is 17.7 Å². The summed E-state index contributed by atoms with van der Waals surface area (Å²) in [5.74, 6) is -0.612. The first kappa shape index (κ1) is 13.9. The second kappa shape index (κ2) is 5.21. The molecule has 19 heavy (non-hydrogen) atoms. The third-order valence-corrected chi connectivity index (χ3v) is 3.46. The third-order valence-electron chi connectivity index (χ3n) is 3.46. The van der Waals surface area contributed by atoms with E-state index in [0.29, 0.717) is 19.5 Å². The van der Waals surface area contributed by atoms with Crippen LogP contribution in [0.4, 0.5) is 13.2 Å². The van der Waals surface area contributed by atoms with Gasteiger partial charge in [-0.2, -0.15) is 13.2 Å². The number of benzene rings is 1. The second-order valence-corrected chi connectivity index (χ2v) is 4.81. The minimum Gasteiger partial charge on any atom is -0.369 e. The van der Waals surface area contributed by atoms with Gasteiger partial charge >= 0.3 is 6.18 Å². The number of hydrogen-bond acceptors (Lipinski definition) is 2. The van der Waals surface area contributed by atoms with Crippen LogP contribution in [-0.4, -0.2) is 19.0 Å². The van der Waals surface area contributed by atoms with Crippen molar-refractivity contribution in [3.8, 4) is 0 Å². The van der Waals surface area contributed by atoms with E-state index in [2.05, 4.69) is 5.32 Å². The van der Waals surface area contributed by atoms with E-state index in [0.717, 1.165) is 17.7 Å². The van der Waals surface area contributed by atoms with Crippen molar-refractivity contribution in [2.24, 2.45) is 11.7 Å². The van der Waals surface area contributed by atoms with Crippen molar-refractivity contribution in [1.82, 2.24) is 5.32 Å². The van der Waals surface area contributed by atoms with Crippen molar-refractivity contribution in [2.75, 3.05) is 13.1 Å². The zero-order chi connectivity index (χ0) is 14.0. The molecule has 2 unspecified atom stereocenters. The summed E-state index contributed by atoms with van der Waals surface area (Å²) in [5.41, 5.74) is 5.40. The molecule has 1 aromatic rings. The van der Waals surface area contributed by atoms with Gasteiger partial charge < -0.3 is 11.1 Å². The molecule has 1 amide bonds. The summed E-state index contributed by atoms with van der Waals surface area (Å²) in [6.45, 7) is 1.18. The fourth-order valence-electron chi connectivity index (χ4n) is 2.36. The van der Waals surface area contributed by atoms with Crippen molar-refractivity contribution in [3.63, 3.8) is 0 Å². The van der Waals surface area contributed by atoms with E-state index in [1.165, 1.54) is 12.1 Å². The summed E-state index contributed by atoms with van der Waals surface area (Å²) in [5, 5.41) is 3.09. The van der Waals surface area contributed by atoms with Crippen molar-refractivity contribution in [1.29, 1.82) is 0 Å². The Balaban J connectivity index is 2.12. The van der Waals surface area contributed by atoms with Crippen molar-refractivity contribution < 1.29 is 18.0 Å². The van der Waals surface area contributed by atoms with Gasteiger partial charge in [0.1, 0.15) is 0 Å². The first-order chi connectivity index (χ1) is 8.88. The zero-order valence-corrected chi connectivity index (χ0v) is 10.2. The molecule has 2 rings (SSSR count). The molecular weight excluding hydrogens is 257 g/mol. The van der Waals surface area contributed by atoms with Gasteiger partial charge in [-0.1, -0.05) is 12.1 Å². The van der Waals surface area contributed by atoms with E-state index < -0.39 is 11.7 Å². The molecule has 3 N–H and O–H groups in total. The summed E-state index contributed by atoms with van der Waals surface area (Å²) in [6.07, 6.45) is -3.74. The van der Waals surface area contributed by atoms with Gasteiger partial charge in [0, 0.05) is 13.1 Å². The number of nitrogens with one attached hydrogen (secondary N) is 1. The van der Waals surface area contributed by atoms with Crippen molar-refractivity contribution in [3.05, 3.63) is 35.4 Å². The van der Waals surface area contributed by atoms with Gasteiger partial charge in [0.15, 0.2) is 0 Å². The topological polar surface area (TPSA) is 55.1 Å². The first-order valence-electron chi connectivity index (χ1n) is 6.05. The number of nitrogens with two attached hydrogens (primary N) is 1. The highest BCUT2D eigenvalue weighted by Crippen LogP contribution is 2.32. The molecule has 0 aromatic heterocycles. The van der Waals surface area contributed by atoms with Crippen LogP contribution in [0, 0.1) is 5.92 Å². The minimum absolute atomic E-state index is 0.0218. The first-order valence-corrected chi connectivity index (χ1v) is 6.05. The normalized spacial score (nSPS) is 24.2. The van der Waals surface area contributed by atoms with E-state index in [1.54, 1.807) is 0 Å². The molecule has 3 nitrogen and oxygen atoms in total. The lowest BCUT2D eigenvalue weighted by molar-refractivity contribution is -0.137. The van der Waals surface area contributed by atoms with Crippen molar-refractivity contribution >= 4 is 5.91 Å². The standard InChI is InChI=1S/C13H15F3N2O/c14-13(15,16)11-3-1-8(2-4-11)9-5-10(12(17)19)7-18-6-9/h1-4,9-10,18H,5-7H2,(H2,17,19). The Morgan fingerprint density at radius 1 is 1.21 bits per heavy atom. The maximum absolute atomic E-state index is 12.5. The molecule has 0 saturated carbocycles. The molecule has 104 valence electrons. The maximum atomic E-state index is 12.5. The highest BCUT2D eigenvalue weighted by atomic mass is 19.4. The summed E-state index contributed by atoms with van der Waals surface area (Å²) >= 11 is 0. The molecule has 1 aliphatic heterocycles. The second-order valence-electron chi connectivity index (χ2n) is 4.81. The number of rotatable bonds is 2. The lowest BCUT2D eigenvalue weighted by Crippen LogP contribution is -2.41. The van der Waals surface area contributed by atoms with Crippen LogP contribution in [0.3, 0.4) is 0 Å². The Morgan fingerprint density at radius 2 is 1.84 bits per heavy atom. The highest BCUT2D eigenvalue weighted by Gasteiger charge is 2.31. The summed E-state index contributed by atoms with van der Waals surface area (Å²) in [7, 11) is 0. The monoisotopic (exact) mass is 272 g/mol. The number of carbonyl (C=O) groups excluding carboxylic acids is 1. The number of piperidine rings is 1. The molecule has 6 heteroatoms. The van der Waals surface area contributed by atoms with Crippen LogP contribution in [0.25, 0.3) is 0 Å². The Morgan fingerprint density at radius 3 is 2.37 bits per heavy atom. The maximum Gasteiger partial charge on any atom is 0.416 e. The van der Waals surface area contributed by atoms with Gasteiger partial charge in [0.2, 0.25) is 5.91 Å². The summed E-state index contributed by atoms with van der Waals surface area (Å²) < 4.78 is 37.4. The van der Waals surface area contributed by atoms with Crippen LogP contribution < -0.4 is 11.1 Å². The van der Waals surface area contributed by atoms with E-state index in [9.17, 15) is 18.0 Å². The molecule has 0 aliphatic carbocycles. The summed E-state index contributed by atoms with van der Waals surface area (Å²) in [6, 6.07) is 5.09. The Bertz CT molecular complexity index is 456. The van der Waals surface area contributed by atoms with Gasteiger partial charge in [-0.05, 0) is 30.0 Å². The zero-order valence-electron chi connectivity index (χ0n) is 10.2. The quantitative estimate of drug-likeness (QED) is 0.863. The fourth-order valence-corrected chi connectivity index (χ4v) is 2.36. The van der Waals surface area contributed by atoms with Crippen LogP contribution in [0.2, 0.25) is 0 Å². The van der Waals surface area contributed by atoms with Crippen LogP contribution in [0.5, 0.6) is 0 Å². The fraction of sp³-hybridized carbons (Fsp3) is 0.462. The Hall–Kier alpha value is -1.56. The number of amides is 1. The van der Waals surface area contributed by atoms with E-state index in [1.807, 2.05) is 0 Å². The average Bonchev–Trinajstić information content (AvgIpc) is 2.38. The minimum atomic E-state index is -4.32. The molecule has 1 fully saturated rings. The van der Waals surface area contributed by atoms with Crippen LogP contribution in [-0.2, 0) is 11.0 Å². The number of hydrogen-bond donors (Lipinski definition) is 2. The van der Waals surface area contributed by atoms with Gasteiger partial charge in [0.05, 0.1) is 11.5 Å². The molecular formula is C13H15F3N2O. The lowest BCUT2D eigenvalue weighted by atomic mass is 9.85. The molecule has 1 aromatic carbocycles. The molecule has 0 bridgehead atoms. The van der Waals surface area contributed by atoms with Crippen molar-refractivity contribution in [2.45, 2.75) is 18.5 Å². The average molecular weight is 272 g/mol.